The fraction of sp³-hybridized carbons (Fsp3) is 0.278. The summed E-state index contributed by atoms with van der Waals surface area (Å²) in [5, 5.41) is 11.8. The zero-order valence-electron chi connectivity index (χ0n) is 12.8. The lowest BCUT2D eigenvalue weighted by Gasteiger charge is -2.09. The van der Waals surface area contributed by atoms with E-state index in [9.17, 15) is 9.18 Å². The van der Waals surface area contributed by atoms with E-state index < -0.39 is 5.82 Å². The second-order valence-electron chi connectivity index (χ2n) is 5.54. The number of benzene rings is 2. The predicted molar refractivity (Wildman–Crippen MR) is 84.0 cm³/mol. The van der Waals surface area contributed by atoms with Gasteiger partial charge in [0.25, 0.3) is 5.91 Å². The zero-order valence-corrected chi connectivity index (χ0v) is 12.8. The number of halogens is 1. The summed E-state index contributed by atoms with van der Waals surface area (Å²) in [6.45, 7) is 4.13. The van der Waals surface area contributed by atoms with Gasteiger partial charge >= 0.3 is 0 Å². The van der Waals surface area contributed by atoms with Crippen LogP contribution in [0.5, 0.6) is 0 Å². The lowest BCUT2D eigenvalue weighted by atomic mass is 10.0. The summed E-state index contributed by atoms with van der Waals surface area (Å²) in [6, 6.07) is 11.9. The van der Waals surface area contributed by atoms with Gasteiger partial charge in [-0.1, -0.05) is 32.0 Å². The minimum absolute atomic E-state index is 0.176. The fourth-order valence-corrected chi connectivity index (χ4v) is 2.16. The first kappa shape index (κ1) is 16.2. The number of rotatable bonds is 5. The average molecular weight is 301 g/mol. The Morgan fingerprint density at radius 1 is 1.18 bits per heavy atom. The minimum Gasteiger partial charge on any atom is -0.392 e. The molecule has 116 valence electrons. The van der Waals surface area contributed by atoms with Crippen LogP contribution in [0.4, 0.5) is 4.39 Å². The normalized spacial score (nSPS) is 10.8. The van der Waals surface area contributed by atoms with Gasteiger partial charge in [0.15, 0.2) is 0 Å². The summed E-state index contributed by atoms with van der Waals surface area (Å²) >= 11 is 0. The fourth-order valence-electron chi connectivity index (χ4n) is 2.16. The van der Waals surface area contributed by atoms with E-state index >= 15 is 0 Å². The molecule has 0 spiro atoms. The number of nitrogens with one attached hydrogen (secondary N) is 1. The molecular formula is C18H20FNO2. The Morgan fingerprint density at radius 3 is 2.45 bits per heavy atom. The maximum Gasteiger partial charge on any atom is 0.251 e. The van der Waals surface area contributed by atoms with Crippen LogP contribution in [0.25, 0.3) is 0 Å². The number of hydrogen-bond acceptors (Lipinski definition) is 2. The van der Waals surface area contributed by atoms with Crippen molar-refractivity contribution in [3.63, 3.8) is 0 Å². The van der Waals surface area contributed by atoms with Gasteiger partial charge in [0.2, 0.25) is 0 Å². The SMILES string of the molecule is CC(C)c1ccc(C(=O)NCc2ccc(F)c(CO)c2)cc1. The Labute approximate surface area is 129 Å². The smallest absolute Gasteiger partial charge is 0.251 e. The molecule has 0 bridgehead atoms. The van der Waals surface area contributed by atoms with Crippen LogP contribution in [0.1, 0.15) is 46.8 Å². The lowest BCUT2D eigenvalue weighted by molar-refractivity contribution is 0.0951. The average Bonchev–Trinajstić information content (AvgIpc) is 2.53. The third kappa shape index (κ3) is 3.92. The molecule has 0 unspecified atom stereocenters. The van der Waals surface area contributed by atoms with Gasteiger partial charge in [-0.05, 0) is 41.3 Å². The van der Waals surface area contributed by atoms with Gasteiger partial charge < -0.3 is 10.4 Å². The molecule has 0 saturated carbocycles. The summed E-state index contributed by atoms with van der Waals surface area (Å²) in [5.41, 5.74) is 2.75. The first-order chi connectivity index (χ1) is 10.5. The summed E-state index contributed by atoms with van der Waals surface area (Å²) in [6.07, 6.45) is 0. The van der Waals surface area contributed by atoms with Crippen LogP contribution >= 0.6 is 0 Å². The second kappa shape index (κ2) is 7.18. The van der Waals surface area contributed by atoms with Crippen LogP contribution in [0.2, 0.25) is 0 Å². The van der Waals surface area contributed by atoms with Crippen LogP contribution in [0, 0.1) is 5.82 Å². The van der Waals surface area contributed by atoms with E-state index in [0.29, 0.717) is 11.5 Å². The number of aliphatic hydroxyl groups is 1. The Bertz CT molecular complexity index is 651. The van der Waals surface area contributed by atoms with E-state index in [0.717, 1.165) is 5.56 Å². The molecule has 2 aromatic rings. The standard InChI is InChI=1S/C18H20FNO2/c1-12(2)14-4-6-15(7-5-14)18(22)20-10-13-3-8-17(19)16(9-13)11-21/h3-9,12,21H,10-11H2,1-2H3,(H,20,22). The van der Waals surface area contributed by atoms with Crippen LogP contribution < -0.4 is 5.32 Å². The Kier molecular flexibility index (Phi) is 5.28. The van der Waals surface area contributed by atoms with Gasteiger partial charge in [-0.25, -0.2) is 4.39 Å². The molecular weight excluding hydrogens is 281 g/mol. The highest BCUT2D eigenvalue weighted by atomic mass is 19.1. The van der Waals surface area contributed by atoms with Crippen molar-refractivity contribution in [1.29, 1.82) is 0 Å². The maximum atomic E-state index is 13.3. The summed E-state index contributed by atoms with van der Waals surface area (Å²) in [4.78, 5) is 12.1. The molecule has 3 nitrogen and oxygen atoms in total. The quantitative estimate of drug-likeness (QED) is 0.889. The van der Waals surface area contributed by atoms with E-state index in [-0.39, 0.29) is 24.6 Å². The van der Waals surface area contributed by atoms with E-state index in [1.165, 1.54) is 11.6 Å². The first-order valence-corrected chi connectivity index (χ1v) is 7.27. The van der Waals surface area contributed by atoms with E-state index in [1.807, 2.05) is 12.1 Å². The molecule has 2 N–H and O–H groups in total. The number of carbonyl (C=O) groups is 1. The molecule has 0 aromatic heterocycles. The summed E-state index contributed by atoms with van der Waals surface area (Å²) < 4.78 is 13.3. The molecule has 2 rings (SSSR count). The predicted octanol–water partition coefficient (Wildman–Crippen LogP) is 3.37. The van der Waals surface area contributed by atoms with Gasteiger partial charge in [-0.3, -0.25) is 4.79 Å². The first-order valence-electron chi connectivity index (χ1n) is 7.27. The van der Waals surface area contributed by atoms with Gasteiger partial charge in [-0.15, -0.1) is 0 Å². The van der Waals surface area contributed by atoms with Crippen LogP contribution in [0.15, 0.2) is 42.5 Å². The molecule has 4 heteroatoms. The van der Waals surface area contributed by atoms with Crippen molar-refractivity contribution >= 4 is 5.91 Å². The lowest BCUT2D eigenvalue weighted by Crippen LogP contribution is -2.22. The van der Waals surface area contributed by atoms with Gasteiger partial charge in [0, 0.05) is 17.7 Å². The van der Waals surface area contributed by atoms with Gasteiger partial charge in [-0.2, -0.15) is 0 Å². The highest BCUT2D eigenvalue weighted by Crippen LogP contribution is 2.15. The Morgan fingerprint density at radius 2 is 1.86 bits per heavy atom. The molecule has 0 radical (unpaired) electrons. The minimum atomic E-state index is -0.443. The van der Waals surface area contributed by atoms with Crippen LogP contribution in [0.3, 0.4) is 0 Å². The molecule has 0 atom stereocenters. The van der Waals surface area contributed by atoms with Crippen molar-refractivity contribution in [1.82, 2.24) is 5.32 Å². The van der Waals surface area contributed by atoms with Crippen molar-refractivity contribution in [2.24, 2.45) is 0 Å². The summed E-state index contributed by atoms with van der Waals surface area (Å²) in [5.74, 6) is -0.194. The van der Waals surface area contributed by atoms with E-state index in [2.05, 4.69) is 19.2 Å². The number of amides is 1. The monoisotopic (exact) mass is 301 g/mol. The molecule has 22 heavy (non-hydrogen) atoms. The van der Waals surface area contributed by atoms with Crippen molar-refractivity contribution in [3.05, 3.63) is 70.5 Å². The number of aliphatic hydroxyl groups excluding tert-OH is 1. The van der Waals surface area contributed by atoms with Gasteiger partial charge in [0.1, 0.15) is 5.82 Å². The Hall–Kier alpha value is -2.20. The number of carbonyl (C=O) groups excluding carboxylic acids is 1. The van der Waals surface area contributed by atoms with Crippen molar-refractivity contribution in [3.8, 4) is 0 Å². The third-order valence-electron chi connectivity index (χ3n) is 3.57. The molecule has 0 aliphatic carbocycles. The van der Waals surface area contributed by atoms with Crippen LogP contribution in [-0.4, -0.2) is 11.0 Å². The highest BCUT2D eigenvalue weighted by Gasteiger charge is 2.08. The zero-order chi connectivity index (χ0) is 16.1. The second-order valence-corrected chi connectivity index (χ2v) is 5.54. The van der Waals surface area contributed by atoms with E-state index in [1.54, 1.807) is 24.3 Å². The molecule has 2 aromatic carbocycles. The summed E-state index contributed by atoms with van der Waals surface area (Å²) in [7, 11) is 0. The molecule has 0 heterocycles. The number of hydrogen-bond donors (Lipinski definition) is 2. The van der Waals surface area contributed by atoms with Crippen LogP contribution in [-0.2, 0) is 13.2 Å². The topological polar surface area (TPSA) is 49.3 Å². The molecule has 0 saturated heterocycles. The van der Waals surface area contributed by atoms with Crippen molar-refractivity contribution in [2.45, 2.75) is 32.9 Å². The molecule has 0 aliphatic rings. The third-order valence-corrected chi connectivity index (χ3v) is 3.57. The van der Waals surface area contributed by atoms with Crippen molar-refractivity contribution < 1.29 is 14.3 Å². The largest absolute Gasteiger partial charge is 0.392 e. The van der Waals surface area contributed by atoms with Gasteiger partial charge in [0.05, 0.1) is 6.61 Å². The van der Waals surface area contributed by atoms with E-state index in [4.69, 9.17) is 5.11 Å². The Balaban J connectivity index is 2.00. The molecule has 0 aliphatic heterocycles. The van der Waals surface area contributed by atoms with Crippen molar-refractivity contribution in [2.75, 3.05) is 0 Å². The molecule has 1 amide bonds. The molecule has 0 fully saturated rings. The maximum absolute atomic E-state index is 13.3. The highest BCUT2D eigenvalue weighted by molar-refractivity contribution is 5.94.